The third kappa shape index (κ3) is 5.67. The number of aromatic nitrogens is 4. The minimum atomic E-state index is 0.228. The van der Waals surface area contributed by atoms with Crippen molar-refractivity contribution in [2.45, 2.75) is 31.7 Å². The maximum absolute atomic E-state index is 9.13. The second-order valence-corrected chi connectivity index (χ2v) is 10.3. The maximum atomic E-state index is 9.13. The van der Waals surface area contributed by atoms with Gasteiger partial charge in [-0.1, -0.05) is 6.07 Å². The molecule has 0 amide bonds. The van der Waals surface area contributed by atoms with Gasteiger partial charge in [-0.05, 0) is 37.0 Å². The molecule has 3 aromatic rings. The van der Waals surface area contributed by atoms with E-state index >= 15 is 0 Å². The molecule has 2 N–H and O–H groups in total. The Balaban J connectivity index is 1.16. The molecule has 0 saturated carbocycles. The molecule has 6 rings (SSSR count). The molecule has 0 spiro atoms. The number of aliphatic hydroxyl groups excluding tert-OH is 1. The van der Waals surface area contributed by atoms with Crippen LogP contribution in [0.5, 0.6) is 0 Å². The summed E-state index contributed by atoms with van der Waals surface area (Å²) in [5, 5.41) is 13.4. The Morgan fingerprint density at radius 2 is 1.73 bits per heavy atom. The highest BCUT2D eigenvalue weighted by Gasteiger charge is 2.26. The fourth-order valence-electron chi connectivity index (χ4n) is 5.32. The Kier molecular flexibility index (Phi) is 7.41. The predicted molar refractivity (Wildman–Crippen MR) is 143 cm³/mol. The third-order valence-corrected chi connectivity index (χ3v) is 7.63. The largest absolute Gasteiger partial charge is 0.395 e. The summed E-state index contributed by atoms with van der Waals surface area (Å²) in [4.78, 5) is 26.3. The van der Waals surface area contributed by atoms with E-state index in [-0.39, 0.29) is 6.61 Å². The summed E-state index contributed by atoms with van der Waals surface area (Å²) >= 11 is 0. The van der Waals surface area contributed by atoms with Crippen LogP contribution in [0, 0.1) is 0 Å². The molecule has 196 valence electrons. The van der Waals surface area contributed by atoms with Gasteiger partial charge in [-0.25, -0.2) is 19.9 Å². The van der Waals surface area contributed by atoms with Gasteiger partial charge in [0.15, 0.2) is 5.82 Å². The van der Waals surface area contributed by atoms with E-state index in [1.807, 2.05) is 18.5 Å². The van der Waals surface area contributed by atoms with Gasteiger partial charge in [-0.15, -0.1) is 0 Å². The molecule has 0 atom stereocenters. The van der Waals surface area contributed by atoms with Crippen molar-refractivity contribution in [2.75, 3.05) is 75.9 Å². The molecule has 0 radical (unpaired) electrons. The molecule has 10 heteroatoms. The van der Waals surface area contributed by atoms with Gasteiger partial charge in [0.25, 0.3) is 0 Å². The number of ether oxygens (including phenoxy) is 1. The fraction of sp³-hybridized carbons (Fsp3) is 0.556. The summed E-state index contributed by atoms with van der Waals surface area (Å²) in [6.45, 7) is 9.38. The molecule has 10 nitrogen and oxygen atoms in total. The number of piperazine rings is 1. The number of β-amino-alcohol motifs (C(OH)–C–C–N with tert-alkyl or cyclic N) is 1. The Morgan fingerprint density at radius 3 is 2.43 bits per heavy atom. The minimum absolute atomic E-state index is 0.228. The van der Waals surface area contributed by atoms with Crippen LogP contribution in [0.2, 0.25) is 0 Å². The van der Waals surface area contributed by atoms with Crippen molar-refractivity contribution in [1.29, 1.82) is 0 Å². The van der Waals surface area contributed by atoms with Gasteiger partial charge in [-0.2, -0.15) is 0 Å². The smallest absolute Gasteiger partial charge is 0.229 e. The number of nitrogens with zero attached hydrogens (tertiary/aromatic N) is 7. The van der Waals surface area contributed by atoms with E-state index in [9.17, 15) is 0 Å². The number of hydrogen-bond donors (Lipinski definition) is 2. The zero-order valence-corrected chi connectivity index (χ0v) is 21.3. The molecule has 0 bridgehead atoms. The first-order valence-electron chi connectivity index (χ1n) is 13.5. The average Bonchev–Trinajstić information content (AvgIpc) is 2.90. The lowest BCUT2D eigenvalue weighted by Crippen LogP contribution is -2.46. The van der Waals surface area contributed by atoms with Gasteiger partial charge in [0.05, 0.1) is 25.5 Å². The lowest BCUT2D eigenvalue weighted by Gasteiger charge is -2.34. The molecular formula is C27H36N8O2. The molecule has 3 saturated heterocycles. The molecule has 0 unspecified atom stereocenters. The van der Waals surface area contributed by atoms with Crippen LogP contribution >= 0.6 is 0 Å². The van der Waals surface area contributed by atoms with Crippen molar-refractivity contribution in [1.82, 2.24) is 29.7 Å². The average molecular weight is 505 g/mol. The Morgan fingerprint density at radius 1 is 0.919 bits per heavy atom. The van der Waals surface area contributed by atoms with Crippen LogP contribution in [0.15, 0.2) is 30.6 Å². The van der Waals surface area contributed by atoms with Crippen LogP contribution in [0.1, 0.15) is 36.4 Å². The monoisotopic (exact) mass is 504 g/mol. The SMILES string of the molecule is OCCN1CCN(Cc2ccc(Nc3ncc4cc(C5COC5)nc(N5CCCCC5)c4n3)nc2)CC1. The van der Waals surface area contributed by atoms with Crippen LogP contribution in [0.25, 0.3) is 10.9 Å². The highest BCUT2D eigenvalue weighted by molar-refractivity contribution is 5.89. The maximum Gasteiger partial charge on any atom is 0.229 e. The van der Waals surface area contributed by atoms with Gasteiger partial charge in [0.1, 0.15) is 11.3 Å². The molecule has 3 fully saturated rings. The Hall–Kier alpha value is -2.92. The highest BCUT2D eigenvalue weighted by Crippen LogP contribution is 2.32. The molecule has 37 heavy (non-hydrogen) atoms. The van der Waals surface area contributed by atoms with E-state index in [2.05, 4.69) is 42.1 Å². The van der Waals surface area contributed by atoms with Crippen molar-refractivity contribution in [3.63, 3.8) is 0 Å². The number of nitrogens with one attached hydrogen (secondary N) is 1. The summed E-state index contributed by atoms with van der Waals surface area (Å²) in [6.07, 6.45) is 7.47. The number of pyridine rings is 2. The first-order chi connectivity index (χ1) is 18.2. The lowest BCUT2D eigenvalue weighted by molar-refractivity contribution is 0.00681. The van der Waals surface area contributed by atoms with Crippen LogP contribution < -0.4 is 10.2 Å². The second kappa shape index (κ2) is 11.2. The number of anilines is 3. The van der Waals surface area contributed by atoms with Crippen LogP contribution in [0.3, 0.4) is 0 Å². The Labute approximate surface area is 217 Å². The highest BCUT2D eigenvalue weighted by atomic mass is 16.5. The summed E-state index contributed by atoms with van der Waals surface area (Å²) in [6, 6.07) is 6.23. The van der Waals surface area contributed by atoms with E-state index in [4.69, 9.17) is 19.8 Å². The van der Waals surface area contributed by atoms with Crippen LogP contribution in [0.4, 0.5) is 17.6 Å². The van der Waals surface area contributed by atoms with E-state index < -0.39 is 0 Å². The van der Waals surface area contributed by atoms with Gasteiger partial charge < -0.3 is 20.1 Å². The predicted octanol–water partition coefficient (Wildman–Crippen LogP) is 2.38. The molecule has 3 aliphatic rings. The lowest BCUT2D eigenvalue weighted by atomic mass is 10.0. The first-order valence-corrected chi connectivity index (χ1v) is 13.5. The van der Waals surface area contributed by atoms with E-state index in [0.29, 0.717) is 11.9 Å². The third-order valence-electron chi connectivity index (χ3n) is 7.63. The number of aliphatic hydroxyl groups is 1. The van der Waals surface area contributed by atoms with E-state index in [1.54, 1.807) is 0 Å². The second-order valence-electron chi connectivity index (χ2n) is 10.3. The van der Waals surface area contributed by atoms with Crippen molar-refractivity contribution < 1.29 is 9.84 Å². The number of fused-ring (bicyclic) bond motifs is 1. The van der Waals surface area contributed by atoms with Crippen molar-refractivity contribution in [3.8, 4) is 0 Å². The van der Waals surface area contributed by atoms with Gasteiger partial charge in [0, 0.05) is 76.1 Å². The molecule has 0 aliphatic carbocycles. The summed E-state index contributed by atoms with van der Waals surface area (Å²) in [7, 11) is 0. The summed E-state index contributed by atoms with van der Waals surface area (Å²) in [5.41, 5.74) is 3.15. The zero-order valence-electron chi connectivity index (χ0n) is 21.3. The van der Waals surface area contributed by atoms with E-state index in [0.717, 1.165) is 93.8 Å². The standard InChI is InChI=1S/C27H36N8O2/c36-13-12-33-8-10-34(11-9-33)17-20-4-5-24(28-15-20)31-27-29-16-21-14-23(22-18-37-19-22)30-26(25(21)32-27)35-6-2-1-3-7-35/h4-5,14-16,22,36H,1-3,6-13,17-19H2,(H,28,29,31,32). The fourth-order valence-corrected chi connectivity index (χ4v) is 5.32. The molecule has 3 aliphatic heterocycles. The van der Waals surface area contributed by atoms with Crippen LogP contribution in [-0.2, 0) is 11.3 Å². The molecule has 6 heterocycles. The molecular weight excluding hydrogens is 468 g/mol. The van der Waals surface area contributed by atoms with E-state index in [1.165, 1.54) is 24.8 Å². The van der Waals surface area contributed by atoms with Gasteiger partial charge >= 0.3 is 0 Å². The minimum Gasteiger partial charge on any atom is -0.395 e. The van der Waals surface area contributed by atoms with Gasteiger partial charge in [0.2, 0.25) is 5.95 Å². The normalized spacial score (nSPS) is 19.8. The molecule has 0 aromatic carbocycles. The van der Waals surface area contributed by atoms with Crippen molar-refractivity contribution >= 4 is 28.5 Å². The van der Waals surface area contributed by atoms with Gasteiger partial charge in [-0.3, -0.25) is 9.80 Å². The van der Waals surface area contributed by atoms with Crippen molar-refractivity contribution in [2.24, 2.45) is 0 Å². The Bertz CT molecular complexity index is 1190. The summed E-state index contributed by atoms with van der Waals surface area (Å²) < 4.78 is 5.42. The molecule has 3 aromatic heterocycles. The topological polar surface area (TPSA) is 103 Å². The number of hydrogen-bond acceptors (Lipinski definition) is 10. The first kappa shape index (κ1) is 24.4. The van der Waals surface area contributed by atoms with Crippen molar-refractivity contribution in [3.05, 3.63) is 41.9 Å². The number of piperidine rings is 1. The zero-order chi connectivity index (χ0) is 25.0. The summed E-state index contributed by atoms with van der Waals surface area (Å²) in [5.74, 6) is 2.59. The quantitative estimate of drug-likeness (QED) is 0.475. The number of rotatable bonds is 8. The van der Waals surface area contributed by atoms with Crippen LogP contribution in [-0.4, -0.2) is 100 Å².